The van der Waals surface area contributed by atoms with Gasteiger partial charge in [-0.1, -0.05) is 28.9 Å². The molecule has 2 rings (SSSR count). The van der Waals surface area contributed by atoms with Crippen LogP contribution in [-0.2, 0) is 16.6 Å². The summed E-state index contributed by atoms with van der Waals surface area (Å²) < 4.78 is 33.2. The van der Waals surface area contributed by atoms with Gasteiger partial charge in [0.05, 0.1) is 12.2 Å². The summed E-state index contributed by atoms with van der Waals surface area (Å²) >= 11 is 3.38. The largest absolute Gasteiger partial charge is 0.446 e. The number of benzene rings is 1. The van der Waals surface area contributed by atoms with Gasteiger partial charge in [-0.15, -0.1) is 0 Å². The molecule has 114 valence electrons. The third kappa shape index (κ3) is 4.09. The lowest BCUT2D eigenvalue weighted by molar-refractivity contribution is 0.405. The monoisotopic (exact) mass is 372 g/mol. The molecule has 0 bridgehead atoms. The number of nitrogens with one attached hydrogen (secondary N) is 2. The lowest BCUT2D eigenvalue weighted by Crippen LogP contribution is -2.13. The molecule has 0 fully saturated rings. The molecule has 21 heavy (non-hydrogen) atoms. The lowest BCUT2D eigenvalue weighted by atomic mass is 10.2. The third-order valence-corrected chi connectivity index (χ3v) is 4.98. The highest BCUT2D eigenvalue weighted by molar-refractivity contribution is 9.10. The molecule has 0 amide bonds. The molecule has 0 radical (unpaired) electrons. The van der Waals surface area contributed by atoms with E-state index in [9.17, 15) is 8.42 Å². The van der Waals surface area contributed by atoms with Crippen LogP contribution in [0, 0.1) is 6.92 Å². The summed E-state index contributed by atoms with van der Waals surface area (Å²) in [6.07, 6.45) is 0. The first kappa shape index (κ1) is 16.1. The molecule has 1 aromatic heterocycles. The summed E-state index contributed by atoms with van der Waals surface area (Å²) in [5, 5.41) is 2.99. The van der Waals surface area contributed by atoms with E-state index < -0.39 is 10.0 Å². The van der Waals surface area contributed by atoms with Gasteiger partial charge in [-0.25, -0.2) is 0 Å². The third-order valence-electron chi connectivity index (χ3n) is 2.88. The normalized spacial score (nSPS) is 11.6. The smallest absolute Gasteiger partial charge is 0.295 e. The molecule has 2 N–H and O–H groups in total. The Hall–Kier alpha value is -1.31. The molecular formula is C14H17BrN2O3S. The Labute approximate surface area is 132 Å². The summed E-state index contributed by atoms with van der Waals surface area (Å²) in [4.78, 5) is 0. The molecule has 0 spiro atoms. The molecule has 5 nitrogen and oxygen atoms in total. The molecule has 0 atom stereocenters. The number of hydrogen-bond donors (Lipinski definition) is 2. The number of furan rings is 1. The average Bonchev–Trinajstić information content (AvgIpc) is 2.90. The minimum atomic E-state index is -3.71. The van der Waals surface area contributed by atoms with E-state index in [1.54, 1.807) is 18.2 Å². The van der Waals surface area contributed by atoms with Crippen molar-refractivity contribution in [3.63, 3.8) is 0 Å². The van der Waals surface area contributed by atoms with E-state index in [0.29, 0.717) is 18.0 Å². The van der Waals surface area contributed by atoms with Gasteiger partial charge in [0.25, 0.3) is 10.0 Å². The van der Waals surface area contributed by atoms with Crippen LogP contribution in [0.5, 0.6) is 0 Å². The van der Waals surface area contributed by atoms with Crippen LogP contribution in [0.1, 0.15) is 18.2 Å². The summed E-state index contributed by atoms with van der Waals surface area (Å²) in [5.41, 5.74) is 1.51. The highest BCUT2D eigenvalue weighted by Crippen LogP contribution is 2.23. The Kier molecular flexibility index (Phi) is 5.08. The Morgan fingerprint density at radius 3 is 2.67 bits per heavy atom. The number of sulfonamides is 1. The van der Waals surface area contributed by atoms with Gasteiger partial charge in [0.2, 0.25) is 5.09 Å². The van der Waals surface area contributed by atoms with Crippen molar-refractivity contribution < 1.29 is 12.8 Å². The molecule has 1 heterocycles. The SMILES string of the molecule is CCNCc1ccc(S(=O)(=O)Nc2ccc(C)c(Br)c2)o1. The van der Waals surface area contributed by atoms with Crippen LogP contribution in [0.25, 0.3) is 0 Å². The van der Waals surface area contributed by atoms with Crippen LogP contribution < -0.4 is 10.0 Å². The Morgan fingerprint density at radius 2 is 2.00 bits per heavy atom. The fraction of sp³-hybridized carbons (Fsp3) is 0.286. The maximum Gasteiger partial charge on any atom is 0.295 e. The van der Waals surface area contributed by atoms with E-state index in [4.69, 9.17) is 4.42 Å². The zero-order chi connectivity index (χ0) is 15.5. The van der Waals surface area contributed by atoms with Crippen molar-refractivity contribution in [3.05, 3.63) is 46.1 Å². The van der Waals surface area contributed by atoms with Crippen molar-refractivity contribution in [1.82, 2.24) is 5.32 Å². The second kappa shape index (κ2) is 6.64. The number of anilines is 1. The van der Waals surface area contributed by atoms with E-state index in [-0.39, 0.29) is 5.09 Å². The standard InChI is InChI=1S/C14H17BrN2O3S/c1-3-16-9-12-6-7-14(20-12)21(18,19)17-11-5-4-10(2)13(15)8-11/h4-8,16-17H,3,9H2,1-2H3. The van der Waals surface area contributed by atoms with Gasteiger partial charge < -0.3 is 9.73 Å². The van der Waals surface area contributed by atoms with Crippen molar-refractivity contribution in [2.45, 2.75) is 25.5 Å². The van der Waals surface area contributed by atoms with Crippen molar-refractivity contribution in [3.8, 4) is 0 Å². The van der Waals surface area contributed by atoms with Crippen molar-refractivity contribution in [2.75, 3.05) is 11.3 Å². The predicted octanol–water partition coefficient (Wildman–Crippen LogP) is 3.26. The topological polar surface area (TPSA) is 71.3 Å². The van der Waals surface area contributed by atoms with Crippen LogP contribution in [0.2, 0.25) is 0 Å². The first-order valence-corrected chi connectivity index (χ1v) is 8.78. The van der Waals surface area contributed by atoms with Crippen LogP contribution in [-0.4, -0.2) is 15.0 Å². The highest BCUT2D eigenvalue weighted by Gasteiger charge is 2.19. The second-order valence-corrected chi connectivity index (χ2v) is 7.04. The Balaban J connectivity index is 2.17. The van der Waals surface area contributed by atoms with Crippen LogP contribution in [0.4, 0.5) is 5.69 Å². The molecule has 0 saturated carbocycles. The maximum atomic E-state index is 12.2. The fourth-order valence-electron chi connectivity index (χ4n) is 1.71. The molecule has 0 aliphatic carbocycles. The number of hydrogen-bond acceptors (Lipinski definition) is 4. The van der Waals surface area contributed by atoms with Crippen LogP contribution in [0.3, 0.4) is 0 Å². The summed E-state index contributed by atoms with van der Waals surface area (Å²) in [7, 11) is -3.71. The first-order valence-electron chi connectivity index (χ1n) is 6.51. The zero-order valence-electron chi connectivity index (χ0n) is 11.8. The van der Waals surface area contributed by atoms with E-state index >= 15 is 0 Å². The fourth-order valence-corrected chi connectivity index (χ4v) is 3.09. The lowest BCUT2D eigenvalue weighted by Gasteiger charge is -2.07. The van der Waals surface area contributed by atoms with Crippen LogP contribution in [0.15, 0.2) is 44.3 Å². The van der Waals surface area contributed by atoms with Gasteiger partial charge in [-0.3, -0.25) is 4.72 Å². The summed E-state index contributed by atoms with van der Waals surface area (Å²) in [5.74, 6) is 0.585. The second-order valence-electron chi connectivity index (χ2n) is 4.57. The van der Waals surface area contributed by atoms with Crippen molar-refractivity contribution in [1.29, 1.82) is 0 Å². The van der Waals surface area contributed by atoms with Gasteiger partial charge in [-0.2, -0.15) is 8.42 Å². The minimum absolute atomic E-state index is 0.0906. The Bertz CT molecular complexity index is 726. The predicted molar refractivity (Wildman–Crippen MR) is 85.8 cm³/mol. The average molecular weight is 373 g/mol. The number of halogens is 1. The first-order chi connectivity index (χ1) is 9.92. The summed E-state index contributed by atoms with van der Waals surface area (Å²) in [6, 6.07) is 8.37. The van der Waals surface area contributed by atoms with E-state index in [2.05, 4.69) is 26.0 Å². The zero-order valence-corrected chi connectivity index (χ0v) is 14.2. The number of aryl methyl sites for hydroxylation is 1. The van der Waals surface area contributed by atoms with E-state index in [1.165, 1.54) is 6.07 Å². The number of rotatable bonds is 6. The molecule has 0 unspecified atom stereocenters. The minimum Gasteiger partial charge on any atom is -0.446 e. The van der Waals surface area contributed by atoms with E-state index in [0.717, 1.165) is 16.6 Å². The molecule has 1 aromatic carbocycles. The van der Waals surface area contributed by atoms with Gasteiger partial charge >= 0.3 is 0 Å². The van der Waals surface area contributed by atoms with Crippen molar-refractivity contribution in [2.24, 2.45) is 0 Å². The van der Waals surface area contributed by atoms with Crippen LogP contribution >= 0.6 is 15.9 Å². The Morgan fingerprint density at radius 1 is 1.24 bits per heavy atom. The van der Waals surface area contributed by atoms with E-state index in [1.807, 2.05) is 19.9 Å². The quantitative estimate of drug-likeness (QED) is 0.816. The van der Waals surface area contributed by atoms with Gasteiger partial charge in [0.1, 0.15) is 5.76 Å². The molecule has 7 heteroatoms. The maximum absolute atomic E-state index is 12.2. The molecule has 2 aromatic rings. The molecule has 0 aliphatic rings. The van der Waals surface area contributed by atoms with Gasteiger partial charge in [0.15, 0.2) is 0 Å². The van der Waals surface area contributed by atoms with Gasteiger partial charge in [-0.05, 0) is 43.3 Å². The van der Waals surface area contributed by atoms with Crippen molar-refractivity contribution >= 4 is 31.6 Å². The molecule has 0 saturated heterocycles. The highest BCUT2D eigenvalue weighted by atomic mass is 79.9. The van der Waals surface area contributed by atoms with Gasteiger partial charge in [0, 0.05) is 4.47 Å². The molecular weight excluding hydrogens is 356 g/mol. The summed E-state index contributed by atoms with van der Waals surface area (Å²) in [6.45, 7) is 5.19. The molecule has 0 aliphatic heterocycles.